The fraction of sp³-hybridized carbons (Fsp3) is 0.706. The molecule has 2 aliphatic carbocycles. The predicted molar refractivity (Wildman–Crippen MR) is 83.5 cm³/mol. The van der Waals surface area contributed by atoms with Gasteiger partial charge in [0.25, 0.3) is 0 Å². The van der Waals surface area contributed by atoms with Gasteiger partial charge in [-0.3, -0.25) is 4.90 Å². The van der Waals surface area contributed by atoms with Crippen LogP contribution in [0.3, 0.4) is 0 Å². The third-order valence-corrected chi connectivity index (χ3v) is 5.64. The number of nitrogens with zero attached hydrogens (tertiary/aromatic N) is 3. The van der Waals surface area contributed by atoms with E-state index in [1.54, 1.807) is 0 Å². The molecule has 3 aliphatic rings. The number of hydrogen-bond donors (Lipinski definition) is 1. The van der Waals surface area contributed by atoms with E-state index in [-0.39, 0.29) is 11.7 Å². The lowest BCUT2D eigenvalue weighted by Gasteiger charge is -2.60. The van der Waals surface area contributed by atoms with Crippen LogP contribution in [0.4, 0.5) is 0 Å². The van der Waals surface area contributed by atoms with E-state index in [4.69, 9.17) is 9.84 Å². The Morgan fingerprint density at radius 1 is 1.17 bits per heavy atom. The summed E-state index contributed by atoms with van der Waals surface area (Å²) < 4.78 is 5.76. The fourth-order valence-corrected chi connectivity index (χ4v) is 4.40. The SMILES string of the molecule is O=C(O)c1cnc(OC2CC3(C2)CN(C2CCCCC2)C3)nc1. The standard InChI is InChI=1S/C17H23N3O3/c21-15(22)12-8-18-16(19-9-12)23-14-6-17(7-14)10-20(11-17)13-4-2-1-3-5-13/h8-9,13-14H,1-7,10-11H2,(H,21,22). The molecule has 1 N–H and O–H groups in total. The molecule has 6 nitrogen and oxygen atoms in total. The first-order valence-corrected chi connectivity index (χ1v) is 8.60. The van der Waals surface area contributed by atoms with Gasteiger partial charge in [0.15, 0.2) is 0 Å². The second-order valence-corrected chi connectivity index (χ2v) is 7.40. The van der Waals surface area contributed by atoms with Crippen molar-refractivity contribution >= 4 is 5.97 Å². The lowest BCUT2D eigenvalue weighted by Crippen LogP contribution is -2.66. The molecular weight excluding hydrogens is 294 g/mol. The zero-order valence-electron chi connectivity index (χ0n) is 13.3. The lowest BCUT2D eigenvalue weighted by atomic mass is 9.61. The van der Waals surface area contributed by atoms with Crippen LogP contribution < -0.4 is 4.74 Å². The number of ether oxygens (including phenoxy) is 1. The highest BCUT2D eigenvalue weighted by Crippen LogP contribution is 2.50. The Morgan fingerprint density at radius 3 is 2.43 bits per heavy atom. The van der Waals surface area contributed by atoms with E-state index in [9.17, 15) is 4.79 Å². The fourth-order valence-electron chi connectivity index (χ4n) is 4.40. The molecule has 2 saturated carbocycles. The van der Waals surface area contributed by atoms with Gasteiger partial charge in [-0.2, -0.15) is 0 Å². The van der Waals surface area contributed by atoms with Gasteiger partial charge < -0.3 is 9.84 Å². The van der Waals surface area contributed by atoms with Crippen LogP contribution in [-0.4, -0.2) is 51.2 Å². The van der Waals surface area contributed by atoms with Crippen LogP contribution in [0, 0.1) is 5.41 Å². The van der Waals surface area contributed by atoms with Gasteiger partial charge in [-0.15, -0.1) is 0 Å². The normalized spacial score (nSPS) is 24.9. The summed E-state index contributed by atoms with van der Waals surface area (Å²) in [5.74, 6) is -1.02. The molecule has 0 bridgehead atoms. The van der Waals surface area contributed by atoms with Gasteiger partial charge in [0.2, 0.25) is 0 Å². The number of carboxylic acids is 1. The number of hydrogen-bond acceptors (Lipinski definition) is 5. The van der Waals surface area contributed by atoms with E-state index in [0.717, 1.165) is 18.9 Å². The summed E-state index contributed by atoms with van der Waals surface area (Å²) in [6.45, 7) is 2.44. The highest BCUT2D eigenvalue weighted by molar-refractivity contribution is 5.86. The summed E-state index contributed by atoms with van der Waals surface area (Å²) in [5, 5.41) is 8.83. The van der Waals surface area contributed by atoms with Crippen molar-refractivity contribution in [2.45, 2.75) is 57.1 Å². The maximum Gasteiger partial charge on any atom is 0.338 e. The van der Waals surface area contributed by atoms with Crippen molar-refractivity contribution in [2.24, 2.45) is 5.41 Å². The monoisotopic (exact) mass is 317 g/mol. The van der Waals surface area contributed by atoms with Crippen LogP contribution in [0.2, 0.25) is 0 Å². The van der Waals surface area contributed by atoms with Gasteiger partial charge in [-0.1, -0.05) is 19.3 Å². The highest BCUT2D eigenvalue weighted by atomic mass is 16.5. The molecule has 1 aromatic heterocycles. The minimum absolute atomic E-state index is 0.0875. The van der Waals surface area contributed by atoms with Gasteiger partial charge in [-0.25, -0.2) is 14.8 Å². The van der Waals surface area contributed by atoms with Crippen LogP contribution in [0.5, 0.6) is 6.01 Å². The van der Waals surface area contributed by atoms with E-state index in [0.29, 0.717) is 11.4 Å². The first-order chi connectivity index (χ1) is 11.1. The third-order valence-electron chi connectivity index (χ3n) is 5.64. The third kappa shape index (κ3) is 2.92. The zero-order chi connectivity index (χ0) is 15.9. The van der Waals surface area contributed by atoms with E-state index in [2.05, 4.69) is 14.9 Å². The molecule has 3 fully saturated rings. The van der Waals surface area contributed by atoms with Gasteiger partial charge in [-0.05, 0) is 25.7 Å². The number of carbonyl (C=O) groups is 1. The highest BCUT2D eigenvalue weighted by Gasteiger charge is 2.54. The summed E-state index contributed by atoms with van der Waals surface area (Å²) in [6.07, 6.45) is 11.9. The summed E-state index contributed by atoms with van der Waals surface area (Å²) in [5.41, 5.74) is 0.549. The van der Waals surface area contributed by atoms with Crippen molar-refractivity contribution in [1.29, 1.82) is 0 Å². The smallest absolute Gasteiger partial charge is 0.338 e. The van der Waals surface area contributed by atoms with Crippen molar-refractivity contribution in [1.82, 2.24) is 14.9 Å². The quantitative estimate of drug-likeness (QED) is 0.918. The summed E-state index contributed by atoms with van der Waals surface area (Å²) in [4.78, 5) is 21.4. The summed E-state index contributed by atoms with van der Waals surface area (Å²) in [7, 11) is 0. The number of aromatic nitrogens is 2. The largest absolute Gasteiger partial charge is 0.478 e. The molecule has 2 heterocycles. The molecule has 0 unspecified atom stereocenters. The van der Waals surface area contributed by atoms with Crippen molar-refractivity contribution in [3.63, 3.8) is 0 Å². The maximum absolute atomic E-state index is 10.8. The Hall–Kier alpha value is -1.69. The Morgan fingerprint density at radius 2 is 1.83 bits per heavy atom. The van der Waals surface area contributed by atoms with Gasteiger partial charge in [0.05, 0.1) is 5.56 Å². The van der Waals surface area contributed by atoms with Crippen LogP contribution in [-0.2, 0) is 0 Å². The molecule has 0 atom stereocenters. The molecule has 6 heteroatoms. The Balaban J connectivity index is 1.24. The van der Waals surface area contributed by atoms with Gasteiger partial charge in [0, 0.05) is 36.9 Å². The van der Waals surface area contributed by atoms with Crippen LogP contribution >= 0.6 is 0 Å². The molecule has 4 rings (SSSR count). The maximum atomic E-state index is 10.8. The topological polar surface area (TPSA) is 75.6 Å². The molecule has 1 spiro atoms. The van der Waals surface area contributed by atoms with Crippen molar-refractivity contribution in [3.05, 3.63) is 18.0 Å². The number of likely N-dealkylation sites (tertiary alicyclic amines) is 1. The van der Waals surface area contributed by atoms with Crippen molar-refractivity contribution < 1.29 is 14.6 Å². The number of rotatable bonds is 4. The first-order valence-electron chi connectivity index (χ1n) is 8.60. The molecule has 0 aromatic carbocycles. The van der Waals surface area contributed by atoms with E-state index < -0.39 is 5.97 Å². The van der Waals surface area contributed by atoms with E-state index in [1.807, 2.05) is 0 Å². The molecular formula is C17H23N3O3. The van der Waals surface area contributed by atoms with Crippen molar-refractivity contribution in [3.8, 4) is 6.01 Å². The lowest BCUT2D eigenvalue weighted by molar-refractivity contribution is -0.138. The molecule has 23 heavy (non-hydrogen) atoms. The predicted octanol–water partition coefficient (Wildman–Crippen LogP) is 2.35. The zero-order valence-corrected chi connectivity index (χ0v) is 13.3. The molecule has 124 valence electrons. The first kappa shape index (κ1) is 14.9. The van der Waals surface area contributed by atoms with E-state index >= 15 is 0 Å². The molecule has 1 aliphatic heterocycles. The van der Waals surface area contributed by atoms with Gasteiger partial charge in [0.1, 0.15) is 6.10 Å². The molecule has 1 saturated heterocycles. The average molecular weight is 317 g/mol. The van der Waals surface area contributed by atoms with Gasteiger partial charge >= 0.3 is 12.0 Å². The molecule has 0 radical (unpaired) electrons. The van der Waals surface area contributed by atoms with Crippen LogP contribution in [0.25, 0.3) is 0 Å². The Kier molecular flexibility index (Phi) is 3.71. The minimum Gasteiger partial charge on any atom is -0.478 e. The van der Waals surface area contributed by atoms with E-state index in [1.165, 1.54) is 57.6 Å². The summed E-state index contributed by atoms with van der Waals surface area (Å²) in [6, 6.07) is 1.11. The second kappa shape index (κ2) is 5.74. The molecule has 1 aromatic rings. The Labute approximate surface area is 135 Å². The summed E-state index contributed by atoms with van der Waals surface area (Å²) >= 11 is 0. The number of aromatic carboxylic acids is 1. The van der Waals surface area contributed by atoms with Crippen LogP contribution in [0.1, 0.15) is 55.3 Å². The number of carboxylic acid groups (broad SMARTS) is 1. The van der Waals surface area contributed by atoms with Crippen molar-refractivity contribution in [2.75, 3.05) is 13.1 Å². The Bertz CT molecular complexity index is 569. The minimum atomic E-state index is -1.02. The molecule has 0 amide bonds. The second-order valence-electron chi connectivity index (χ2n) is 7.40. The van der Waals surface area contributed by atoms with Crippen LogP contribution in [0.15, 0.2) is 12.4 Å². The average Bonchev–Trinajstić information content (AvgIpc) is 2.49.